The maximum atomic E-state index is 12.9. The molecule has 2 heteroatoms. The summed E-state index contributed by atoms with van der Waals surface area (Å²) >= 11 is 0. The molecule has 2 rings (SSSR count). The Morgan fingerprint density at radius 3 is 2.30 bits per heavy atom. The smallest absolute Gasteiger partial charge is 0.231 e. The molecule has 1 aromatic rings. The molecule has 1 amide bonds. The van der Waals surface area contributed by atoms with Crippen LogP contribution in [0.25, 0.3) is 0 Å². The number of rotatable bonds is 5. The summed E-state index contributed by atoms with van der Waals surface area (Å²) in [6.07, 6.45) is 9.60. The van der Waals surface area contributed by atoms with Gasteiger partial charge in [0.05, 0.1) is 5.92 Å². The van der Waals surface area contributed by atoms with Gasteiger partial charge in [-0.25, -0.2) is 0 Å². The van der Waals surface area contributed by atoms with Crippen LogP contribution >= 0.6 is 0 Å². The minimum atomic E-state index is -0.108. The van der Waals surface area contributed by atoms with E-state index in [0.717, 1.165) is 25.1 Å². The third kappa shape index (κ3) is 3.19. The number of allylic oxidation sites excluding steroid dienone is 4. The predicted molar refractivity (Wildman–Crippen MR) is 83.5 cm³/mol. The van der Waals surface area contributed by atoms with Crippen LogP contribution in [0.4, 0.5) is 0 Å². The van der Waals surface area contributed by atoms with E-state index in [1.807, 2.05) is 36.9 Å². The standard InChI is InChI=1S/C18H23NO/c1-3-19(4-2)18(20)17(15-11-7-5-8-12-15)16-13-9-6-10-14-16/h5,7-14,16-17H,3-4,6H2,1-2H3. The van der Waals surface area contributed by atoms with Gasteiger partial charge < -0.3 is 4.90 Å². The molecule has 0 aromatic heterocycles. The van der Waals surface area contributed by atoms with Crippen molar-refractivity contribution in [1.82, 2.24) is 4.90 Å². The molecule has 0 bridgehead atoms. The van der Waals surface area contributed by atoms with Crippen molar-refractivity contribution in [3.8, 4) is 0 Å². The average molecular weight is 269 g/mol. The van der Waals surface area contributed by atoms with Gasteiger partial charge in [0.1, 0.15) is 0 Å². The number of hydrogen-bond acceptors (Lipinski definition) is 1. The number of hydrogen-bond donors (Lipinski definition) is 0. The molecule has 0 aliphatic heterocycles. The third-order valence-corrected chi connectivity index (χ3v) is 3.87. The second-order valence-electron chi connectivity index (χ2n) is 5.07. The van der Waals surface area contributed by atoms with Crippen LogP contribution in [0.5, 0.6) is 0 Å². The van der Waals surface area contributed by atoms with Crippen molar-refractivity contribution in [1.29, 1.82) is 0 Å². The lowest BCUT2D eigenvalue weighted by molar-refractivity contribution is -0.133. The molecule has 0 N–H and O–H groups in total. The topological polar surface area (TPSA) is 20.3 Å². The Morgan fingerprint density at radius 2 is 1.75 bits per heavy atom. The minimum Gasteiger partial charge on any atom is -0.343 e. The second kappa shape index (κ2) is 7.09. The van der Waals surface area contributed by atoms with Crippen molar-refractivity contribution in [2.24, 2.45) is 5.92 Å². The summed E-state index contributed by atoms with van der Waals surface area (Å²) in [4.78, 5) is 14.8. The molecule has 0 radical (unpaired) electrons. The molecule has 0 fully saturated rings. The molecule has 106 valence electrons. The third-order valence-electron chi connectivity index (χ3n) is 3.87. The van der Waals surface area contributed by atoms with Crippen LogP contribution in [0.15, 0.2) is 54.6 Å². The fourth-order valence-corrected chi connectivity index (χ4v) is 2.76. The molecule has 0 saturated carbocycles. The maximum absolute atomic E-state index is 12.9. The predicted octanol–water partition coefficient (Wildman–Crippen LogP) is 3.77. The normalized spacial score (nSPS) is 16.1. The molecule has 2 nitrogen and oxygen atoms in total. The number of carbonyl (C=O) groups is 1. The number of amides is 1. The highest BCUT2D eigenvalue weighted by Gasteiger charge is 2.29. The molecular formula is C18H23NO. The Bertz CT molecular complexity index is 473. The lowest BCUT2D eigenvalue weighted by Gasteiger charge is -2.29. The molecule has 1 atom stereocenters. The molecule has 20 heavy (non-hydrogen) atoms. The summed E-state index contributed by atoms with van der Waals surface area (Å²) in [5, 5.41) is 0. The summed E-state index contributed by atoms with van der Waals surface area (Å²) in [6, 6.07) is 10.1. The lowest BCUT2D eigenvalue weighted by Crippen LogP contribution is -2.37. The van der Waals surface area contributed by atoms with Crippen LogP contribution in [-0.2, 0) is 4.79 Å². The first kappa shape index (κ1) is 14.6. The largest absolute Gasteiger partial charge is 0.343 e. The van der Waals surface area contributed by atoms with E-state index in [9.17, 15) is 4.79 Å². The molecular weight excluding hydrogens is 246 g/mol. The van der Waals surface area contributed by atoms with Crippen molar-refractivity contribution in [2.45, 2.75) is 26.2 Å². The van der Waals surface area contributed by atoms with E-state index in [4.69, 9.17) is 0 Å². The van der Waals surface area contributed by atoms with E-state index in [1.165, 1.54) is 0 Å². The summed E-state index contributed by atoms with van der Waals surface area (Å²) in [7, 11) is 0. The second-order valence-corrected chi connectivity index (χ2v) is 5.07. The molecule has 0 heterocycles. The highest BCUT2D eigenvalue weighted by Crippen LogP contribution is 2.31. The van der Waals surface area contributed by atoms with Gasteiger partial charge in [0, 0.05) is 19.0 Å². The van der Waals surface area contributed by atoms with Gasteiger partial charge >= 0.3 is 0 Å². The lowest BCUT2D eigenvalue weighted by atomic mass is 9.82. The Balaban J connectivity index is 2.33. The molecule has 0 saturated heterocycles. The Hall–Kier alpha value is -1.83. The molecule has 1 aromatic carbocycles. The Labute approximate surface area is 121 Å². The highest BCUT2D eigenvalue weighted by molar-refractivity contribution is 5.84. The first-order chi connectivity index (χ1) is 9.77. The van der Waals surface area contributed by atoms with Crippen molar-refractivity contribution < 1.29 is 4.79 Å². The summed E-state index contributed by atoms with van der Waals surface area (Å²) < 4.78 is 0. The molecule has 1 unspecified atom stereocenters. The SMILES string of the molecule is CCN(CC)C(=O)C(c1ccccc1)C1C=CCC=C1. The summed E-state index contributed by atoms with van der Waals surface area (Å²) in [6.45, 7) is 5.60. The average Bonchev–Trinajstić information content (AvgIpc) is 2.51. The fraction of sp³-hybridized carbons (Fsp3) is 0.389. The van der Waals surface area contributed by atoms with Crippen LogP contribution in [0.2, 0.25) is 0 Å². The van der Waals surface area contributed by atoms with Gasteiger partial charge in [-0.15, -0.1) is 0 Å². The molecule has 0 spiro atoms. The van der Waals surface area contributed by atoms with E-state index in [0.29, 0.717) is 0 Å². The Kier molecular flexibility index (Phi) is 5.16. The van der Waals surface area contributed by atoms with Crippen LogP contribution < -0.4 is 0 Å². The van der Waals surface area contributed by atoms with Gasteiger partial charge in [-0.2, -0.15) is 0 Å². The van der Waals surface area contributed by atoms with Crippen LogP contribution in [0.1, 0.15) is 31.7 Å². The van der Waals surface area contributed by atoms with Crippen LogP contribution in [0.3, 0.4) is 0 Å². The molecule has 1 aliphatic carbocycles. The fourth-order valence-electron chi connectivity index (χ4n) is 2.76. The maximum Gasteiger partial charge on any atom is 0.231 e. The zero-order chi connectivity index (χ0) is 14.4. The quantitative estimate of drug-likeness (QED) is 0.745. The zero-order valence-electron chi connectivity index (χ0n) is 12.3. The van der Waals surface area contributed by atoms with Crippen molar-refractivity contribution in [3.05, 3.63) is 60.2 Å². The van der Waals surface area contributed by atoms with E-state index in [1.54, 1.807) is 0 Å². The van der Waals surface area contributed by atoms with E-state index >= 15 is 0 Å². The van der Waals surface area contributed by atoms with Gasteiger partial charge in [-0.1, -0.05) is 54.6 Å². The highest BCUT2D eigenvalue weighted by atomic mass is 16.2. The van der Waals surface area contributed by atoms with Crippen molar-refractivity contribution in [2.75, 3.05) is 13.1 Å². The summed E-state index contributed by atoms with van der Waals surface area (Å²) in [5.41, 5.74) is 1.10. The van der Waals surface area contributed by atoms with Gasteiger partial charge in [0.25, 0.3) is 0 Å². The van der Waals surface area contributed by atoms with Crippen molar-refractivity contribution in [3.63, 3.8) is 0 Å². The molecule has 1 aliphatic rings. The Morgan fingerprint density at radius 1 is 1.15 bits per heavy atom. The van der Waals surface area contributed by atoms with Crippen LogP contribution in [-0.4, -0.2) is 23.9 Å². The van der Waals surface area contributed by atoms with E-state index in [-0.39, 0.29) is 17.7 Å². The minimum absolute atomic E-state index is 0.108. The van der Waals surface area contributed by atoms with E-state index < -0.39 is 0 Å². The van der Waals surface area contributed by atoms with Crippen molar-refractivity contribution >= 4 is 5.91 Å². The van der Waals surface area contributed by atoms with E-state index in [2.05, 4.69) is 36.4 Å². The first-order valence-electron chi connectivity index (χ1n) is 7.45. The van der Waals surface area contributed by atoms with Gasteiger partial charge in [-0.3, -0.25) is 4.79 Å². The number of carbonyl (C=O) groups excluding carboxylic acids is 1. The van der Waals surface area contributed by atoms with Crippen LogP contribution in [0, 0.1) is 5.92 Å². The van der Waals surface area contributed by atoms with Gasteiger partial charge in [0.2, 0.25) is 5.91 Å². The monoisotopic (exact) mass is 269 g/mol. The van der Waals surface area contributed by atoms with Gasteiger partial charge in [-0.05, 0) is 25.8 Å². The number of likely N-dealkylation sites (N-methyl/N-ethyl adjacent to an activating group) is 1. The van der Waals surface area contributed by atoms with Gasteiger partial charge in [0.15, 0.2) is 0 Å². The zero-order valence-corrected chi connectivity index (χ0v) is 12.3. The summed E-state index contributed by atoms with van der Waals surface area (Å²) in [5.74, 6) is 0.283. The number of nitrogens with zero attached hydrogens (tertiary/aromatic N) is 1. The first-order valence-corrected chi connectivity index (χ1v) is 7.45. The number of benzene rings is 1.